The Morgan fingerprint density at radius 1 is 1.16 bits per heavy atom. The van der Waals surface area contributed by atoms with Crippen molar-refractivity contribution in [2.45, 2.75) is 12.3 Å². The van der Waals surface area contributed by atoms with Crippen molar-refractivity contribution in [1.82, 2.24) is 4.98 Å². The summed E-state index contributed by atoms with van der Waals surface area (Å²) in [6.45, 7) is 0.968. The number of nitrogens with two attached hydrogens (primary N) is 1. The zero-order chi connectivity index (χ0) is 13.5. The minimum atomic E-state index is -0.344. The van der Waals surface area contributed by atoms with Gasteiger partial charge in [0.25, 0.3) is 0 Å². The van der Waals surface area contributed by atoms with Gasteiger partial charge in [-0.25, -0.2) is 4.39 Å². The van der Waals surface area contributed by atoms with Gasteiger partial charge in [-0.05, 0) is 42.8 Å². The van der Waals surface area contributed by atoms with Crippen LogP contribution in [0.3, 0.4) is 0 Å². The highest BCUT2D eigenvalue weighted by atomic mass is 19.1. The Morgan fingerprint density at radius 2 is 1.89 bits per heavy atom. The molecule has 100 valence electrons. The van der Waals surface area contributed by atoms with Crippen LogP contribution in [0.5, 0.6) is 5.75 Å². The molecule has 1 heterocycles. The number of nitrogens with zero attached hydrogens (tertiary/aromatic N) is 1. The second kappa shape index (κ2) is 6.85. The van der Waals surface area contributed by atoms with E-state index in [1.54, 1.807) is 30.6 Å². The lowest BCUT2D eigenvalue weighted by molar-refractivity contribution is 0.270. The van der Waals surface area contributed by atoms with Crippen LogP contribution < -0.4 is 10.5 Å². The topological polar surface area (TPSA) is 48.1 Å². The molecule has 0 radical (unpaired) electrons. The number of hydrogen-bond donors (Lipinski definition) is 1. The summed E-state index contributed by atoms with van der Waals surface area (Å²) >= 11 is 0. The fraction of sp³-hybridized carbons (Fsp3) is 0.267. The largest absolute Gasteiger partial charge is 0.490 e. The first-order valence-electron chi connectivity index (χ1n) is 6.28. The van der Waals surface area contributed by atoms with Gasteiger partial charge in [0.2, 0.25) is 0 Å². The molecule has 1 aromatic heterocycles. The van der Waals surface area contributed by atoms with E-state index in [9.17, 15) is 4.39 Å². The Bertz CT molecular complexity index is 505. The number of ether oxygens (including phenoxy) is 1. The molecule has 0 saturated carbocycles. The zero-order valence-corrected chi connectivity index (χ0v) is 10.6. The van der Waals surface area contributed by atoms with Crippen molar-refractivity contribution in [3.8, 4) is 5.75 Å². The normalized spacial score (nSPS) is 12.1. The van der Waals surface area contributed by atoms with Gasteiger partial charge in [-0.1, -0.05) is 12.1 Å². The average Bonchev–Trinajstić information content (AvgIpc) is 2.46. The van der Waals surface area contributed by atoms with Crippen LogP contribution >= 0.6 is 0 Å². The SMILES string of the molecule is NCCC(COc1ccccc1F)c1ccncc1. The maximum Gasteiger partial charge on any atom is 0.165 e. The summed E-state index contributed by atoms with van der Waals surface area (Å²) in [5, 5.41) is 0. The summed E-state index contributed by atoms with van der Waals surface area (Å²) in [6, 6.07) is 10.3. The van der Waals surface area contributed by atoms with E-state index in [0.29, 0.717) is 13.2 Å². The van der Waals surface area contributed by atoms with Gasteiger partial charge >= 0.3 is 0 Å². The van der Waals surface area contributed by atoms with Crippen LogP contribution in [0.2, 0.25) is 0 Å². The van der Waals surface area contributed by atoms with Crippen molar-refractivity contribution in [1.29, 1.82) is 0 Å². The predicted molar refractivity (Wildman–Crippen MR) is 72.5 cm³/mol. The van der Waals surface area contributed by atoms with Gasteiger partial charge in [-0.15, -0.1) is 0 Å². The first kappa shape index (κ1) is 13.5. The average molecular weight is 260 g/mol. The van der Waals surface area contributed by atoms with Crippen molar-refractivity contribution < 1.29 is 9.13 Å². The predicted octanol–water partition coefficient (Wildman–Crippen LogP) is 2.73. The highest BCUT2D eigenvalue weighted by Gasteiger charge is 2.12. The molecule has 1 unspecified atom stereocenters. The van der Waals surface area contributed by atoms with Crippen molar-refractivity contribution in [3.05, 3.63) is 60.2 Å². The highest BCUT2D eigenvalue weighted by molar-refractivity contribution is 5.24. The first-order valence-corrected chi connectivity index (χ1v) is 6.28. The van der Waals surface area contributed by atoms with Crippen molar-refractivity contribution in [2.75, 3.05) is 13.2 Å². The van der Waals surface area contributed by atoms with Gasteiger partial charge in [0.05, 0.1) is 6.61 Å². The summed E-state index contributed by atoms with van der Waals surface area (Å²) in [5.74, 6) is 0.0786. The fourth-order valence-corrected chi connectivity index (χ4v) is 1.94. The molecule has 19 heavy (non-hydrogen) atoms. The lowest BCUT2D eigenvalue weighted by Crippen LogP contribution is -2.15. The Morgan fingerprint density at radius 3 is 2.58 bits per heavy atom. The first-order chi connectivity index (χ1) is 9.31. The molecule has 2 rings (SSSR count). The van der Waals surface area contributed by atoms with Crippen LogP contribution in [0.25, 0.3) is 0 Å². The highest BCUT2D eigenvalue weighted by Crippen LogP contribution is 2.22. The molecule has 2 aromatic rings. The van der Waals surface area contributed by atoms with E-state index in [0.717, 1.165) is 12.0 Å². The molecule has 0 aliphatic carbocycles. The van der Waals surface area contributed by atoms with Crippen LogP contribution in [0, 0.1) is 5.82 Å². The van der Waals surface area contributed by atoms with E-state index < -0.39 is 0 Å². The third-order valence-electron chi connectivity index (χ3n) is 2.97. The third kappa shape index (κ3) is 3.76. The number of aromatic nitrogens is 1. The summed E-state index contributed by atoms with van der Waals surface area (Å²) in [5.41, 5.74) is 6.73. The van der Waals surface area contributed by atoms with Crippen LogP contribution in [0.15, 0.2) is 48.8 Å². The van der Waals surface area contributed by atoms with Crippen LogP contribution in [-0.2, 0) is 0 Å². The van der Waals surface area contributed by atoms with Crippen molar-refractivity contribution in [2.24, 2.45) is 5.73 Å². The monoisotopic (exact) mass is 260 g/mol. The quantitative estimate of drug-likeness (QED) is 0.868. The number of para-hydroxylation sites is 1. The molecular weight excluding hydrogens is 243 g/mol. The van der Waals surface area contributed by atoms with E-state index in [1.807, 2.05) is 12.1 Å². The van der Waals surface area contributed by atoms with Crippen LogP contribution in [0.4, 0.5) is 4.39 Å². The molecule has 1 atom stereocenters. The minimum absolute atomic E-state index is 0.146. The molecule has 0 aliphatic heterocycles. The Kier molecular flexibility index (Phi) is 4.86. The molecular formula is C15H17FN2O. The number of benzene rings is 1. The lowest BCUT2D eigenvalue weighted by atomic mass is 9.98. The number of hydrogen-bond acceptors (Lipinski definition) is 3. The minimum Gasteiger partial charge on any atom is -0.490 e. The summed E-state index contributed by atoms with van der Waals surface area (Å²) in [6.07, 6.45) is 4.27. The Labute approximate surface area is 112 Å². The molecule has 4 heteroatoms. The second-order valence-electron chi connectivity index (χ2n) is 4.30. The standard InChI is InChI=1S/C15H17FN2O/c16-14-3-1-2-4-15(14)19-11-13(5-8-17)12-6-9-18-10-7-12/h1-4,6-7,9-10,13H,5,8,11,17H2. The maximum atomic E-state index is 13.5. The van der Waals surface area contributed by atoms with Gasteiger partial charge in [0, 0.05) is 18.3 Å². The second-order valence-corrected chi connectivity index (χ2v) is 4.30. The molecule has 0 saturated heterocycles. The number of pyridine rings is 1. The summed E-state index contributed by atoms with van der Waals surface area (Å²) in [7, 11) is 0. The van der Waals surface area contributed by atoms with E-state index in [4.69, 9.17) is 10.5 Å². The Balaban J connectivity index is 2.04. The van der Waals surface area contributed by atoms with E-state index >= 15 is 0 Å². The van der Waals surface area contributed by atoms with Crippen LogP contribution in [0.1, 0.15) is 17.9 Å². The summed E-state index contributed by atoms with van der Waals surface area (Å²) < 4.78 is 19.0. The van der Waals surface area contributed by atoms with Crippen molar-refractivity contribution >= 4 is 0 Å². The van der Waals surface area contributed by atoms with E-state index in [-0.39, 0.29) is 17.5 Å². The van der Waals surface area contributed by atoms with Gasteiger partial charge in [-0.3, -0.25) is 4.98 Å². The molecule has 0 spiro atoms. The lowest BCUT2D eigenvalue weighted by Gasteiger charge is -2.17. The maximum absolute atomic E-state index is 13.5. The molecule has 2 N–H and O–H groups in total. The van der Waals surface area contributed by atoms with Gasteiger partial charge in [0.15, 0.2) is 11.6 Å². The van der Waals surface area contributed by atoms with Gasteiger partial charge in [0.1, 0.15) is 0 Å². The van der Waals surface area contributed by atoms with E-state index in [1.165, 1.54) is 6.07 Å². The number of halogens is 1. The van der Waals surface area contributed by atoms with Crippen LogP contribution in [-0.4, -0.2) is 18.1 Å². The summed E-state index contributed by atoms with van der Waals surface area (Å²) in [4.78, 5) is 3.99. The molecule has 3 nitrogen and oxygen atoms in total. The molecule has 0 amide bonds. The fourth-order valence-electron chi connectivity index (χ4n) is 1.94. The molecule has 1 aromatic carbocycles. The smallest absolute Gasteiger partial charge is 0.165 e. The molecule has 0 bridgehead atoms. The Hall–Kier alpha value is -1.94. The van der Waals surface area contributed by atoms with E-state index in [2.05, 4.69) is 4.98 Å². The van der Waals surface area contributed by atoms with Gasteiger partial charge < -0.3 is 10.5 Å². The molecule has 0 aliphatic rings. The third-order valence-corrected chi connectivity index (χ3v) is 2.97. The van der Waals surface area contributed by atoms with Crippen molar-refractivity contribution in [3.63, 3.8) is 0 Å². The van der Waals surface area contributed by atoms with Gasteiger partial charge in [-0.2, -0.15) is 0 Å². The molecule has 0 fully saturated rings. The zero-order valence-electron chi connectivity index (χ0n) is 10.6. The number of rotatable bonds is 6.